The second-order valence-electron chi connectivity index (χ2n) is 10.00. The fourth-order valence-corrected chi connectivity index (χ4v) is 7.00. The standard InChI is InChI=1S/C27H31N3O2S/c31-27-25(24-6-2-1-4-21(24)17-28-9-11-32-12-10-28)7-8-26-22-14-20(16-30(26)27)15-29(18-22)19-23-5-3-13-33-23/h1-8,13,20,22H,9-12,14-19H2/p+2/t20-,22+/m0/s1. The molecule has 5 nitrogen and oxygen atoms in total. The number of likely N-dealkylation sites (tertiary alicyclic amines) is 1. The minimum Gasteiger partial charge on any atom is -0.370 e. The summed E-state index contributed by atoms with van der Waals surface area (Å²) in [6.45, 7) is 8.95. The summed E-state index contributed by atoms with van der Waals surface area (Å²) in [7, 11) is 0. The van der Waals surface area contributed by atoms with E-state index in [1.54, 1.807) is 4.90 Å². The lowest BCUT2D eigenvalue weighted by Crippen LogP contribution is -3.13. The Kier molecular flexibility index (Phi) is 5.93. The number of hydrogen-bond donors (Lipinski definition) is 2. The molecule has 2 aromatic heterocycles. The van der Waals surface area contributed by atoms with Crippen LogP contribution in [0, 0.1) is 5.92 Å². The summed E-state index contributed by atoms with van der Waals surface area (Å²) in [5, 5.41) is 2.17. The van der Waals surface area contributed by atoms with E-state index in [4.69, 9.17) is 4.74 Å². The van der Waals surface area contributed by atoms with Gasteiger partial charge in [0.1, 0.15) is 26.2 Å². The smallest absolute Gasteiger partial charge is 0.258 e. The Morgan fingerprint density at radius 2 is 1.82 bits per heavy atom. The highest BCUT2D eigenvalue weighted by atomic mass is 32.1. The minimum atomic E-state index is 0.202. The van der Waals surface area contributed by atoms with Gasteiger partial charge in [-0.25, -0.2) is 0 Å². The summed E-state index contributed by atoms with van der Waals surface area (Å²) in [5.41, 5.74) is 4.70. The Bertz CT molecular complexity index is 1170. The van der Waals surface area contributed by atoms with Crippen molar-refractivity contribution >= 4 is 11.3 Å². The third-order valence-electron chi connectivity index (χ3n) is 7.75. The fraction of sp³-hybridized carbons (Fsp3) is 0.444. The minimum absolute atomic E-state index is 0.202. The SMILES string of the molecule is O=c1c(-c2ccccc2C[NH+]2CCOCC2)ccc2n1C[C@H]1C[C@@H]2C[NH+](Cc2cccs2)C1. The second-order valence-corrected chi connectivity index (χ2v) is 11.0. The molecular weight excluding hydrogens is 430 g/mol. The second kappa shape index (κ2) is 9.18. The average molecular weight is 464 g/mol. The molecule has 1 aromatic carbocycles. The van der Waals surface area contributed by atoms with Crippen molar-refractivity contribution in [3.63, 3.8) is 0 Å². The van der Waals surface area contributed by atoms with Gasteiger partial charge in [-0.05, 0) is 35.6 Å². The number of thiophene rings is 1. The zero-order valence-corrected chi connectivity index (χ0v) is 19.9. The average Bonchev–Trinajstić information content (AvgIpc) is 3.34. The molecule has 3 aromatic rings. The number of piperidine rings is 1. The number of hydrogen-bond acceptors (Lipinski definition) is 3. The van der Waals surface area contributed by atoms with Crippen LogP contribution in [-0.4, -0.2) is 44.0 Å². The Hall–Kier alpha value is -2.25. The lowest BCUT2D eigenvalue weighted by molar-refractivity contribution is -0.924. The summed E-state index contributed by atoms with van der Waals surface area (Å²) in [5.74, 6) is 1.08. The Balaban J connectivity index is 1.28. The van der Waals surface area contributed by atoms with Gasteiger partial charge in [-0.3, -0.25) is 4.79 Å². The number of nitrogens with one attached hydrogen (secondary N) is 2. The molecule has 3 aliphatic heterocycles. The summed E-state index contributed by atoms with van der Waals surface area (Å²) in [4.78, 5) is 18.4. The van der Waals surface area contributed by atoms with E-state index in [2.05, 4.69) is 58.5 Å². The Labute approximate surface area is 199 Å². The van der Waals surface area contributed by atoms with Gasteiger partial charge in [-0.2, -0.15) is 0 Å². The van der Waals surface area contributed by atoms with Crippen molar-refractivity contribution in [2.45, 2.75) is 32.0 Å². The molecule has 2 saturated heterocycles. The highest BCUT2D eigenvalue weighted by Crippen LogP contribution is 2.32. The number of quaternary nitrogens is 2. The first kappa shape index (κ1) is 21.3. The van der Waals surface area contributed by atoms with E-state index in [1.165, 1.54) is 34.0 Å². The zero-order chi connectivity index (χ0) is 22.2. The van der Waals surface area contributed by atoms with Gasteiger partial charge in [-0.1, -0.05) is 30.3 Å². The van der Waals surface area contributed by atoms with Gasteiger partial charge < -0.3 is 19.1 Å². The van der Waals surface area contributed by atoms with Gasteiger partial charge in [0.05, 0.1) is 31.2 Å². The first-order valence-corrected chi connectivity index (χ1v) is 13.2. The first-order chi connectivity index (χ1) is 16.2. The normalized spacial score (nSPS) is 25.0. The first-order valence-electron chi connectivity index (χ1n) is 12.3. The van der Waals surface area contributed by atoms with Crippen LogP contribution in [0.25, 0.3) is 11.1 Å². The lowest BCUT2D eigenvalue weighted by Gasteiger charge is -2.40. The maximum absolute atomic E-state index is 13.8. The van der Waals surface area contributed by atoms with Crippen LogP contribution >= 0.6 is 11.3 Å². The predicted molar refractivity (Wildman–Crippen MR) is 131 cm³/mol. The van der Waals surface area contributed by atoms with Crippen molar-refractivity contribution < 1.29 is 14.5 Å². The predicted octanol–water partition coefficient (Wildman–Crippen LogP) is 1.19. The molecule has 5 heterocycles. The van der Waals surface area contributed by atoms with E-state index < -0.39 is 0 Å². The zero-order valence-electron chi connectivity index (χ0n) is 19.1. The molecule has 172 valence electrons. The number of nitrogens with zero attached hydrogens (tertiary/aromatic N) is 1. The summed E-state index contributed by atoms with van der Waals surface area (Å²) >= 11 is 1.86. The molecule has 33 heavy (non-hydrogen) atoms. The fourth-order valence-electron chi connectivity index (χ4n) is 6.22. The molecule has 6 heteroatoms. The number of aromatic nitrogens is 1. The van der Waals surface area contributed by atoms with E-state index in [1.807, 2.05) is 11.3 Å². The third kappa shape index (κ3) is 4.33. The van der Waals surface area contributed by atoms with Crippen LogP contribution in [0.5, 0.6) is 0 Å². The van der Waals surface area contributed by atoms with E-state index in [0.717, 1.165) is 63.6 Å². The number of benzene rings is 1. The largest absolute Gasteiger partial charge is 0.370 e. The molecule has 0 saturated carbocycles. The van der Waals surface area contributed by atoms with Crippen LogP contribution < -0.4 is 15.4 Å². The number of fused-ring (bicyclic) bond motifs is 4. The van der Waals surface area contributed by atoms with Gasteiger partial charge in [0.2, 0.25) is 0 Å². The van der Waals surface area contributed by atoms with E-state index >= 15 is 0 Å². The molecule has 0 radical (unpaired) electrons. The molecule has 3 atom stereocenters. The van der Waals surface area contributed by atoms with Crippen LogP contribution in [0.4, 0.5) is 0 Å². The van der Waals surface area contributed by atoms with Crippen LogP contribution in [0.3, 0.4) is 0 Å². The quantitative estimate of drug-likeness (QED) is 0.597. The van der Waals surface area contributed by atoms with Gasteiger partial charge >= 0.3 is 0 Å². The maximum Gasteiger partial charge on any atom is 0.258 e. The topological polar surface area (TPSA) is 40.1 Å². The molecule has 2 bridgehead atoms. The van der Waals surface area contributed by atoms with E-state index in [9.17, 15) is 4.79 Å². The number of ether oxygens (including phenoxy) is 1. The maximum atomic E-state index is 13.8. The van der Waals surface area contributed by atoms with Crippen LogP contribution in [-0.2, 0) is 24.4 Å². The van der Waals surface area contributed by atoms with Gasteiger partial charge in [0.25, 0.3) is 5.56 Å². The molecule has 0 amide bonds. The van der Waals surface area contributed by atoms with Gasteiger partial charge in [-0.15, -0.1) is 11.3 Å². The van der Waals surface area contributed by atoms with Gasteiger partial charge in [0.15, 0.2) is 0 Å². The molecular formula is C27H33N3O2S+2. The van der Waals surface area contributed by atoms with E-state index in [-0.39, 0.29) is 5.56 Å². The highest BCUT2D eigenvalue weighted by molar-refractivity contribution is 7.09. The van der Waals surface area contributed by atoms with Crippen molar-refractivity contribution in [2.75, 3.05) is 39.4 Å². The van der Waals surface area contributed by atoms with Gasteiger partial charge in [0, 0.05) is 35.2 Å². The van der Waals surface area contributed by atoms with Crippen LogP contribution in [0.2, 0.25) is 0 Å². The Morgan fingerprint density at radius 3 is 2.67 bits per heavy atom. The summed E-state index contributed by atoms with van der Waals surface area (Å²) < 4.78 is 7.65. The van der Waals surface area contributed by atoms with Crippen molar-refractivity contribution in [3.8, 4) is 11.1 Å². The van der Waals surface area contributed by atoms with E-state index in [0.29, 0.717) is 11.8 Å². The van der Waals surface area contributed by atoms with Crippen molar-refractivity contribution in [3.05, 3.63) is 80.4 Å². The highest BCUT2D eigenvalue weighted by Gasteiger charge is 2.37. The lowest BCUT2D eigenvalue weighted by atomic mass is 9.82. The number of pyridine rings is 1. The molecule has 3 aliphatic rings. The molecule has 6 rings (SSSR count). The number of morpholine rings is 1. The molecule has 0 spiro atoms. The summed E-state index contributed by atoms with van der Waals surface area (Å²) in [6.07, 6.45) is 1.23. The number of rotatable bonds is 5. The van der Waals surface area contributed by atoms with Crippen molar-refractivity contribution in [2.24, 2.45) is 5.92 Å². The van der Waals surface area contributed by atoms with Crippen LogP contribution in [0.15, 0.2) is 58.7 Å². The molecule has 1 unspecified atom stereocenters. The molecule has 0 aliphatic carbocycles. The van der Waals surface area contributed by atoms with Crippen molar-refractivity contribution in [1.29, 1.82) is 0 Å². The van der Waals surface area contributed by atoms with Crippen molar-refractivity contribution in [1.82, 2.24) is 4.57 Å². The monoisotopic (exact) mass is 463 g/mol. The van der Waals surface area contributed by atoms with Crippen LogP contribution in [0.1, 0.15) is 28.5 Å². The molecule has 2 fully saturated rings. The summed E-state index contributed by atoms with van der Waals surface area (Å²) in [6, 6.07) is 17.3. The third-order valence-corrected chi connectivity index (χ3v) is 8.63. The molecule has 2 N–H and O–H groups in total. The Morgan fingerprint density at radius 1 is 0.939 bits per heavy atom.